The van der Waals surface area contributed by atoms with E-state index in [-0.39, 0.29) is 5.75 Å². The third kappa shape index (κ3) is 2.27. The zero-order valence-electron chi connectivity index (χ0n) is 11.1. The van der Waals surface area contributed by atoms with Crippen LogP contribution in [-0.2, 0) is 7.05 Å². The van der Waals surface area contributed by atoms with E-state index >= 15 is 0 Å². The van der Waals surface area contributed by atoms with Gasteiger partial charge in [0.2, 0.25) is 0 Å². The van der Waals surface area contributed by atoms with E-state index in [2.05, 4.69) is 0 Å². The molecule has 0 bridgehead atoms. The van der Waals surface area contributed by atoms with E-state index in [1.807, 2.05) is 6.07 Å². The predicted octanol–water partition coefficient (Wildman–Crippen LogP) is 4.06. The normalized spacial score (nSPS) is 10.8. The van der Waals surface area contributed by atoms with Gasteiger partial charge in [0.05, 0.1) is 10.9 Å². The summed E-state index contributed by atoms with van der Waals surface area (Å²) in [7, 11) is 1.80. The summed E-state index contributed by atoms with van der Waals surface area (Å²) in [5, 5.41) is 0.596. The van der Waals surface area contributed by atoms with Crippen LogP contribution in [0.1, 0.15) is 10.4 Å². The minimum Gasteiger partial charge on any atom is -0.454 e. The van der Waals surface area contributed by atoms with E-state index < -0.39 is 11.6 Å². The van der Waals surface area contributed by atoms with Crippen LogP contribution >= 0.6 is 0 Å². The van der Waals surface area contributed by atoms with Crippen LogP contribution in [-0.4, -0.2) is 10.9 Å². The van der Waals surface area contributed by atoms with Gasteiger partial charge in [-0.25, -0.2) is 8.78 Å². The molecule has 0 saturated carbocycles. The summed E-state index contributed by atoms with van der Waals surface area (Å²) in [6.07, 6.45) is 2.39. The minimum atomic E-state index is -0.796. The molecule has 3 nitrogen and oxygen atoms in total. The van der Waals surface area contributed by atoms with E-state index in [4.69, 9.17) is 4.74 Å². The standard InChI is InChI=1S/C16H11F2NO2/c1-19-8-10(9-20)16-13(19)3-2-4-15(16)21-14-6-5-11(17)7-12(14)18/h2-9H,1H3. The van der Waals surface area contributed by atoms with Crippen LogP contribution in [0.3, 0.4) is 0 Å². The minimum absolute atomic E-state index is 0.0930. The van der Waals surface area contributed by atoms with Crippen molar-refractivity contribution in [2.24, 2.45) is 7.05 Å². The van der Waals surface area contributed by atoms with Crippen molar-refractivity contribution in [2.45, 2.75) is 0 Å². The Kier molecular flexibility index (Phi) is 3.17. The first-order chi connectivity index (χ1) is 10.1. The van der Waals surface area contributed by atoms with Gasteiger partial charge in [0.25, 0.3) is 0 Å². The molecular formula is C16H11F2NO2. The van der Waals surface area contributed by atoms with Gasteiger partial charge >= 0.3 is 0 Å². The predicted molar refractivity (Wildman–Crippen MR) is 74.7 cm³/mol. The van der Waals surface area contributed by atoms with Crippen molar-refractivity contribution in [2.75, 3.05) is 0 Å². The smallest absolute Gasteiger partial charge is 0.168 e. The van der Waals surface area contributed by atoms with Gasteiger partial charge in [-0.3, -0.25) is 4.79 Å². The fraction of sp³-hybridized carbons (Fsp3) is 0.0625. The van der Waals surface area contributed by atoms with Crippen molar-refractivity contribution >= 4 is 17.2 Å². The summed E-state index contributed by atoms with van der Waals surface area (Å²) in [4.78, 5) is 11.2. The quantitative estimate of drug-likeness (QED) is 0.680. The lowest BCUT2D eigenvalue weighted by Gasteiger charge is -2.09. The average molecular weight is 287 g/mol. The molecule has 0 aliphatic rings. The molecule has 2 aromatic carbocycles. The van der Waals surface area contributed by atoms with Gasteiger partial charge in [0.1, 0.15) is 11.6 Å². The molecule has 0 spiro atoms. The van der Waals surface area contributed by atoms with Gasteiger partial charge in [0, 0.05) is 24.9 Å². The highest BCUT2D eigenvalue weighted by Crippen LogP contribution is 2.33. The van der Waals surface area contributed by atoms with Crippen molar-refractivity contribution in [1.29, 1.82) is 0 Å². The van der Waals surface area contributed by atoms with E-state index in [1.165, 1.54) is 6.07 Å². The summed E-state index contributed by atoms with van der Waals surface area (Å²) < 4.78 is 33.9. The first-order valence-electron chi connectivity index (χ1n) is 6.26. The Morgan fingerprint density at radius 3 is 2.67 bits per heavy atom. The Morgan fingerprint density at radius 1 is 1.14 bits per heavy atom. The summed E-state index contributed by atoms with van der Waals surface area (Å²) in [5.74, 6) is -1.22. The molecular weight excluding hydrogens is 276 g/mol. The molecule has 0 atom stereocenters. The summed E-state index contributed by atoms with van der Waals surface area (Å²) in [6.45, 7) is 0. The molecule has 0 amide bonds. The second-order valence-electron chi connectivity index (χ2n) is 4.64. The van der Waals surface area contributed by atoms with Crippen molar-refractivity contribution < 1.29 is 18.3 Å². The highest BCUT2D eigenvalue weighted by Gasteiger charge is 2.13. The number of hydrogen-bond donors (Lipinski definition) is 0. The van der Waals surface area contributed by atoms with E-state index in [1.54, 1.807) is 29.9 Å². The Morgan fingerprint density at radius 2 is 1.95 bits per heavy atom. The van der Waals surface area contributed by atoms with E-state index in [9.17, 15) is 13.6 Å². The van der Waals surface area contributed by atoms with E-state index in [0.29, 0.717) is 16.7 Å². The van der Waals surface area contributed by atoms with Crippen LogP contribution in [0.25, 0.3) is 10.9 Å². The molecule has 0 saturated heterocycles. The number of aryl methyl sites for hydroxylation is 1. The number of ether oxygens (including phenoxy) is 1. The molecule has 5 heteroatoms. The number of rotatable bonds is 3. The molecule has 0 radical (unpaired) electrons. The molecule has 21 heavy (non-hydrogen) atoms. The van der Waals surface area contributed by atoms with Gasteiger partial charge in [-0.15, -0.1) is 0 Å². The third-order valence-corrected chi connectivity index (χ3v) is 3.25. The average Bonchev–Trinajstić information content (AvgIpc) is 2.80. The molecule has 3 aromatic rings. The Balaban J connectivity index is 2.14. The lowest BCUT2D eigenvalue weighted by Crippen LogP contribution is -1.91. The van der Waals surface area contributed by atoms with Gasteiger partial charge in [-0.1, -0.05) is 6.07 Å². The van der Waals surface area contributed by atoms with Crippen LogP contribution in [0.2, 0.25) is 0 Å². The molecule has 1 aromatic heterocycles. The Hall–Kier alpha value is -2.69. The van der Waals surface area contributed by atoms with Gasteiger partial charge in [-0.2, -0.15) is 0 Å². The summed E-state index contributed by atoms with van der Waals surface area (Å²) in [6, 6.07) is 8.29. The van der Waals surface area contributed by atoms with Gasteiger partial charge in [-0.05, 0) is 24.3 Å². The zero-order chi connectivity index (χ0) is 15.0. The molecule has 0 aliphatic heterocycles. The second kappa shape index (κ2) is 5.01. The fourth-order valence-electron chi connectivity index (χ4n) is 2.30. The first kappa shape index (κ1) is 13.3. The number of aldehydes is 1. The Labute approximate surface area is 119 Å². The van der Waals surface area contributed by atoms with Crippen molar-refractivity contribution in [3.8, 4) is 11.5 Å². The number of halogens is 2. The maximum atomic E-state index is 13.7. The maximum absolute atomic E-state index is 13.7. The molecule has 106 valence electrons. The number of carbonyl (C=O) groups excluding carboxylic acids is 1. The number of carbonyl (C=O) groups is 1. The topological polar surface area (TPSA) is 31.2 Å². The van der Waals surface area contributed by atoms with Crippen LogP contribution in [0.15, 0.2) is 42.6 Å². The van der Waals surface area contributed by atoms with Gasteiger partial charge in [0.15, 0.2) is 17.9 Å². The van der Waals surface area contributed by atoms with Crippen LogP contribution in [0.5, 0.6) is 11.5 Å². The maximum Gasteiger partial charge on any atom is 0.168 e. The number of fused-ring (bicyclic) bond motifs is 1. The van der Waals surface area contributed by atoms with E-state index in [0.717, 1.165) is 23.9 Å². The molecule has 0 unspecified atom stereocenters. The number of aromatic nitrogens is 1. The van der Waals surface area contributed by atoms with Gasteiger partial charge < -0.3 is 9.30 Å². The van der Waals surface area contributed by atoms with Crippen molar-refractivity contribution in [3.05, 3.63) is 59.8 Å². The fourth-order valence-corrected chi connectivity index (χ4v) is 2.30. The lowest BCUT2D eigenvalue weighted by atomic mass is 10.1. The largest absolute Gasteiger partial charge is 0.454 e. The SMILES string of the molecule is Cn1cc(C=O)c2c(Oc3ccc(F)cc3F)cccc21. The van der Waals surface area contributed by atoms with Crippen molar-refractivity contribution in [3.63, 3.8) is 0 Å². The highest BCUT2D eigenvalue weighted by atomic mass is 19.1. The van der Waals surface area contributed by atoms with Crippen LogP contribution in [0.4, 0.5) is 8.78 Å². The number of hydrogen-bond acceptors (Lipinski definition) is 2. The summed E-state index contributed by atoms with van der Waals surface area (Å²) in [5.41, 5.74) is 1.24. The van der Waals surface area contributed by atoms with Crippen LogP contribution in [0, 0.1) is 11.6 Å². The molecule has 1 heterocycles. The second-order valence-corrected chi connectivity index (χ2v) is 4.64. The molecule has 0 aliphatic carbocycles. The first-order valence-corrected chi connectivity index (χ1v) is 6.26. The Bertz CT molecular complexity index is 840. The van der Waals surface area contributed by atoms with Crippen molar-refractivity contribution in [1.82, 2.24) is 4.57 Å². The molecule has 0 N–H and O–H groups in total. The number of benzene rings is 2. The monoisotopic (exact) mass is 287 g/mol. The highest BCUT2D eigenvalue weighted by molar-refractivity contribution is 6.01. The zero-order valence-corrected chi connectivity index (χ0v) is 11.1. The lowest BCUT2D eigenvalue weighted by molar-refractivity contribution is 0.112. The molecule has 0 fully saturated rings. The summed E-state index contributed by atoms with van der Waals surface area (Å²) >= 11 is 0. The third-order valence-electron chi connectivity index (χ3n) is 3.25. The number of nitrogens with zero attached hydrogens (tertiary/aromatic N) is 1. The van der Waals surface area contributed by atoms with Crippen LogP contribution < -0.4 is 4.74 Å². The molecule has 3 rings (SSSR count).